The van der Waals surface area contributed by atoms with Crippen molar-refractivity contribution in [3.05, 3.63) is 36.8 Å². The molecule has 0 spiro atoms. The normalized spacial score (nSPS) is 10.8. The van der Waals surface area contributed by atoms with E-state index in [4.69, 9.17) is 14.9 Å². The molecule has 0 bridgehead atoms. The fourth-order valence-corrected chi connectivity index (χ4v) is 1.56. The van der Waals surface area contributed by atoms with Crippen LogP contribution >= 0.6 is 0 Å². The Bertz CT molecular complexity index is 475. The monoisotopic (exact) mass is 231 g/mol. The molecule has 1 aromatic heterocycles. The van der Waals surface area contributed by atoms with Gasteiger partial charge in [-0.2, -0.15) is 0 Å². The van der Waals surface area contributed by atoms with Gasteiger partial charge in [0.1, 0.15) is 5.75 Å². The Morgan fingerprint density at radius 1 is 1.24 bits per heavy atom. The number of hydrogen-bond acceptors (Lipinski definition) is 3. The molecule has 2 aromatic rings. The van der Waals surface area contributed by atoms with Crippen molar-refractivity contribution in [3.63, 3.8) is 0 Å². The van der Waals surface area contributed by atoms with Crippen LogP contribution in [-0.2, 0) is 0 Å². The number of benzene rings is 1. The minimum Gasteiger partial charge on any atom is -0.493 e. The van der Waals surface area contributed by atoms with Gasteiger partial charge < -0.3 is 14.9 Å². The van der Waals surface area contributed by atoms with E-state index in [1.807, 2.05) is 24.3 Å². The molecule has 0 saturated carbocycles. The largest absolute Gasteiger partial charge is 0.493 e. The smallest absolute Gasteiger partial charge is 0.121 e. The number of anilines is 1. The van der Waals surface area contributed by atoms with Crippen LogP contribution in [0.4, 0.5) is 5.69 Å². The topological polar surface area (TPSA) is 48.4 Å². The summed E-state index contributed by atoms with van der Waals surface area (Å²) in [4.78, 5) is 0. The van der Waals surface area contributed by atoms with Gasteiger partial charge in [-0.25, -0.2) is 0 Å². The molecule has 2 N–H and O–H groups in total. The van der Waals surface area contributed by atoms with Crippen molar-refractivity contribution in [1.82, 2.24) is 0 Å². The van der Waals surface area contributed by atoms with Crippen molar-refractivity contribution in [3.8, 4) is 16.9 Å². The van der Waals surface area contributed by atoms with Crippen molar-refractivity contribution < 1.29 is 9.15 Å². The molecule has 0 amide bonds. The fraction of sp³-hybridized carbons (Fsp3) is 0.286. The van der Waals surface area contributed by atoms with Gasteiger partial charge in [0, 0.05) is 17.3 Å². The zero-order valence-corrected chi connectivity index (χ0v) is 10.1. The van der Waals surface area contributed by atoms with Crippen LogP contribution in [0.2, 0.25) is 0 Å². The molecule has 90 valence electrons. The Labute approximate surface area is 101 Å². The van der Waals surface area contributed by atoms with Gasteiger partial charge >= 0.3 is 0 Å². The minimum atomic E-state index is 0.494. The number of rotatable bonds is 4. The van der Waals surface area contributed by atoms with E-state index < -0.39 is 0 Å². The summed E-state index contributed by atoms with van der Waals surface area (Å²) in [6, 6.07) is 7.63. The summed E-state index contributed by atoms with van der Waals surface area (Å²) in [7, 11) is 0. The summed E-state index contributed by atoms with van der Waals surface area (Å²) in [5.41, 5.74) is 8.58. The summed E-state index contributed by atoms with van der Waals surface area (Å²) in [6.07, 6.45) is 3.34. The van der Waals surface area contributed by atoms with Gasteiger partial charge in [-0.3, -0.25) is 0 Å². The maximum absolute atomic E-state index is 5.86. The second-order valence-electron chi connectivity index (χ2n) is 4.51. The van der Waals surface area contributed by atoms with Crippen LogP contribution in [0.3, 0.4) is 0 Å². The molecule has 3 heteroatoms. The maximum Gasteiger partial charge on any atom is 0.121 e. The van der Waals surface area contributed by atoms with E-state index in [0.717, 1.165) is 16.9 Å². The summed E-state index contributed by atoms with van der Waals surface area (Å²) in [6.45, 7) is 4.92. The molecule has 3 nitrogen and oxygen atoms in total. The van der Waals surface area contributed by atoms with Gasteiger partial charge in [0.25, 0.3) is 0 Å². The molecule has 0 aliphatic carbocycles. The zero-order valence-electron chi connectivity index (χ0n) is 10.1. The highest BCUT2D eigenvalue weighted by atomic mass is 16.5. The number of nitrogen functional groups attached to an aromatic ring is 1. The molecule has 0 radical (unpaired) electrons. The lowest BCUT2D eigenvalue weighted by atomic mass is 10.1. The first-order valence-corrected chi connectivity index (χ1v) is 5.71. The van der Waals surface area contributed by atoms with Crippen LogP contribution in [0.5, 0.6) is 5.75 Å². The summed E-state index contributed by atoms with van der Waals surface area (Å²) in [5, 5.41) is 0. The third-order valence-corrected chi connectivity index (χ3v) is 2.37. The van der Waals surface area contributed by atoms with Crippen LogP contribution in [0.15, 0.2) is 41.2 Å². The highest BCUT2D eigenvalue weighted by Gasteiger charge is 2.04. The summed E-state index contributed by atoms with van der Waals surface area (Å²) in [5.74, 6) is 1.30. The lowest BCUT2D eigenvalue weighted by Crippen LogP contribution is -2.04. The first-order chi connectivity index (χ1) is 8.15. The average molecular weight is 231 g/mol. The van der Waals surface area contributed by atoms with Crippen LogP contribution < -0.4 is 10.5 Å². The summed E-state index contributed by atoms with van der Waals surface area (Å²) >= 11 is 0. The Balaban J connectivity index is 2.24. The number of nitrogens with two attached hydrogens (primary N) is 1. The Kier molecular flexibility index (Phi) is 3.38. The molecular formula is C14H17NO2. The minimum absolute atomic E-state index is 0.494. The van der Waals surface area contributed by atoms with Crippen LogP contribution in [0, 0.1) is 5.92 Å². The van der Waals surface area contributed by atoms with E-state index in [1.165, 1.54) is 0 Å². The average Bonchev–Trinajstić information content (AvgIpc) is 2.79. The van der Waals surface area contributed by atoms with Gasteiger partial charge in [-0.05, 0) is 29.7 Å². The lowest BCUT2D eigenvalue weighted by Gasteiger charge is -2.10. The second kappa shape index (κ2) is 4.95. The number of furan rings is 1. The zero-order chi connectivity index (χ0) is 12.3. The van der Waals surface area contributed by atoms with E-state index >= 15 is 0 Å². The molecule has 2 rings (SSSR count). The Hall–Kier alpha value is -1.90. The molecule has 1 aromatic carbocycles. The molecule has 0 atom stereocenters. The van der Waals surface area contributed by atoms with Crippen molar-refractivity contribution >= 4 is 5.69 Å². The van der Waals surface area contributed by atoms with E-state index in [2.05, 4.69) is 13.8 Å². The van der Waals surface area contributed by atoms with Gasteiger partial charge in [0.15, 0.2) is 0 Å². The standard InChI is InChI=1S/C14H17NO2/c1-10(2)8-17-14-6-12(5-13(15)7-14)11-3-4-16-9-11/h3-7,9-10H,8,15H2,1-2H3. The number of hydrogen-bond donors (Lipinski definition) is 1. The second-order valence-corrected chi connectivity index (χ2v) is 4.51. The maximum atomic E-state index is 5.86. The SMILES string of the molecule is CC(C)COc1cc(N)cc(-c2ccoc2)c1. The molecule has 17 heavy (non-hydrogen) atoms. The molecule has 0 aliphatic rings. The molecule has 0 aliphatic heterocycles. The first kappa shape index (κ1) is 11.6. The predicted octanol–water partition coefficient (Wildman–Crippen LogP) is 3.56. The molecule has 0 unspecified atom stereocenters. The Morgan fingerprint density at radius 3 is 2.71 bits per heavy atom. The van der Waals surface area contributed by atoms with Crippen molar-refractivity contribution in [2.24, 2.45) is 5.92 Å². The molecule has 0 saturated heterocycles. The quantitative estimate of drug-likeness (QED) is 0.818. The van der Waals surface area contributed by atoms with Gasteiger partial charge in [0.2, 0.25) is 0 Å². The van der Waals surface area contributed by atoms with Crippen LogP contribution in [-0.4, -0.2) is 6.61 Å². The number of ether oxygens (including phenoxy) is 1. The van der Waals surface area contributed by atoms with Crippen LogP contribution in [0.25, 0.3) is 11.1 Å². The van der Waals surface area contributed by atoms with E-state index in [1.54, 1.807) is 12.5 Å². The molecule has 1 heterocycles. The van der Waals surface area contributed by atoms with E-state index in [0.29, 0.717) is 18.2 Å². The highest BCUT2D eigenvalue weighted by Crippen LogP contribution is 2.27. The van der Waals surface area contributed by atoms with Gasteiger partial charge in [0.05, 0.1) is 19.1 Å². The predicted molar refractivity (Wildman–Crippen MR) is 68.9 cm³/mol. The van der Waals surface area contributed by atoms with Crippen LogP contribution in [0.1, 0.15) is 13.8 Å². The van der Waals surface area contributed by atoms with E-state index in [9.17, 15) is 0 Å². The third kappa shape index (κ3) is 3.03. The van der Waals surface area contributed by atoms with Crippen molar-refractivity contribution in [2.75, 3.05) is 12.3 Å². The molecular weight excluding hydrogens is 214 g/mol. The van der Waals surface area contributed by atoms with E-state index in [-0.39, 0.29) is 0 Å². The summed E-state index contributed by atoms with van der Waals surface area (Å²) < 4.78 is 10.7. The fourth-order valence-electron chi connectivity index (χ4n) is 1.56. The highest BCUT2D eigenvalue weighted by molar-refractivity contribution is 5.68. The van der Waals surface area contributed by atoms with Gasteiger partial charge in [-0.1, -0.05) is 13.8 Å². The first-order valence-electron chi connectivity index (χ1n) is 5.71. The van der Waals surface area contributed by atoms with Crippen molar-refractivity contribution in [2.45, 2.75) is 13.8 Å². The third-order valence-electron chi connectivity index (χ3n) is 2.37. The van der Waals surface area contributed by atoms with Gasteiger partial charge in [-0.15, -0.1) is 0 Å². The van der Waals surface area contributed by atoms with Crippen molar-refractivity contribution in [1.29, 1.82) is 0 Å². The molecule has 0 fully saturated rings. The Morgan fingerprint density at radius 2 is 2.06 bits per heavy atom. The lowest BCUT2D eigenvalue weighted by molar-refractivity contribution is 0.271.